The van der Waals surface area contributed by atoms with Gasteiger partial charge < -0.3 is 5.32 Å². The first-order valence-electron chi connectivity index (χ1n) is 10.2. The lowest BCUT2D eigenvalue weighted by molar-refractivity contribution is 0.430. The van der Waals surface area contributed by atoms with E-state index >= 15 is 0 Å². The second kappa shape index (κ2) is 10.6. The number of aryl methyl sites for hydroxylation is 1. The Balaban J connectivity index is 1.43. The van der Waals surface area contributed by atoms with E-state index in [0.29, 0.717) is 35.0 Å². The summed E-state index contributed by atoms with van der Waals surface area (Å²) < 4.78 is 51.4. The third-order valence-corrected chi connectivity index (χ3v) is 7.97. The topological polar surface area (TPSA) is 59.1 Å². The molecule has 0 aliphatic carbocycles. The van der Waals surface area contributed by atoms with Crippen molar-refractivity contribution >= 4 is 21.2 Å². The summed E-state index contributed by atoms with van der Waals surface area (Å²) in [4.78, 5) is 4.35. The predicted octanol–water partition coefficient (Wildman–Crippen LogP) is 4.61. The van der Waals surface area contributed by atoms with Crippen LogP contribution in [0.15, 0.2) is 23.6 Å². The van der Waals surface area contributed by atoms with Crippen molar-refractivity contribution in [3.05, 3.63) is 40.9 Å². The maximum atomic E-state index is 13.4. The molecular formula is C21H28F2N2O2S2. The minimum atomic E-state index is -3.13. The second-order valence-corrected chi connectivity index (χ2v) is 10.9. The zero-order chi connectivity index (χ0) is 20.7. The summed E-state index contributed by atoms with van der Waals surface area (Å²) in [6, 6.07) is 3.27. The molecule has 1 aromatic carbocycles. The number of thiazole rings is 1. The van der Waals surface area contributed by atoms with Crippen molar-refractivity contribution in [2.75, 3.05) is 24.6 Å². The summed E-state index contributed by atoms with van der Waals surface area (Å²) in [5.74, 6) is -0.378. The Kier molecular flexibility index (Phi) is 8.15. The van der Waals surface area contributed by atoms with Gasteiger partial charge in [0, 0.05) is 23.4 Å². The van der Waals surface area contributed by atoms with E-state index in [-0.39, 0.29) is 11.5 Å². The highest BCUT2D eigenvalue weighted by Gasteiger charge is 2.15. The number of unbranched alkanes of at least 4 members (excludes halogenated alkanes) is 1. The standard InChI is InChI=1S/C21H28F2N2O2S2/c22-18-11-17(12-19(23)13-18)21-25-20(15-28-21)7-10-29(26,27)9-4-2-6-16-5-1-3-8-24-14-16/h11-13,15-16,24H,1-10,14H2. The number of aromatic nitrogens is 1. The van der Waals surface area contributed by atoms with Gasteiger partial charge in [-0.05, 0) is 56.8 Å². The number of halogens is 2. The number of nitrogens with one attached hydrogen (secondary N) is 1. The molecule has 160 valence electrons. The number of hydrogen-bond acceptors (Lipinski definition) is 5. The van der Waals surface area contributed by atoms with Crippen molar-refractivity contribution in [3.8, 4) is 10.6 Å². The first-order valence-corrected chi connectivity index (χ1v) is 12.9. The Labute approximate surface area is 175 Å². The first kappa shape index (κ1) is 22.3. The van der Waals surface area contributed by atoms with Gasteiger partial charge in [0.1, 0.15) is 16.6 Å². The maximum Gasteiger partial charge on any atom is 0.150 e. The SMILES string of the molecule is O=S(=O)(CCCCC1CCCCNC1)CCc1csc(-c2cc(F)cc(F)c2)n1. The Morgan fingerprint density at radius 1 is 1.10 bits per heavy atom. The van der Waals surface area contributed by atoms with Gasteiger partial charge in [0.05, 0.1) is 17.2 Å². The Bertz CT molecular complexity index is 872. The molecule has 2 heterocycles. The third-order valence-electron chi connectivity index (χ3n) is 5.30. The van der Waals surface area contributed by atoms with E-state index in [2.05, 4.69) is 10.3 Å². The van der Waals surface area contributed by atoms with Gasteiger partial charge >= 0.3 is 0 Å². The fourth-order valence-corrected chi connectivity index (χ4v) is 5.90. The number of sulfone groups is 1. The molecule has 0 saturated carbocycles. The average Bonchev–Trinajstić information content (AvgIpc) is 2.99. The summed E-state index contributed by atoms with van der Waals surface area (Å²) in [7, 11) is -3.13. The summed E-state index contributed by atoms with van der Waals surface area (Å²) in [5, 5.41) is 5.70. The largest absolute Gasteiger partial charge is 0.316 e. The molecule has 1 unspecified atom stereocenters. The fourth-order valence-electron chi connectivity index (χ4n) is 3.69. The minimum absolute atomic E-state index is 0.0542. The van der Waals surface area contributed by atoms with E-state index < -0.39 is 21.5 Å². The van der Waals surface area contributed by atoms with Crippen LogP contribution in [0.2, 0.25) is 0 Å². The van der Waals surface area contributed by atoms with E-state index in [1.54, 1.807) is 5.38 Å². The van der Waals surface area contributed by atoms with Crippen molar-refractivity contribution in [1.29, 1.82) is 0 Å². The fraction of sp³-hybridized carbons (Fsp3) is 0.571. The zero-order valence-electron chi connectivity index (χ0n) is 16.5. The molecule has 0 spiro atoms. The van der Waals surface area contributed by atoms with Crippen LogP contribution in [0.3, 0.4) is 0 Å². The molecule has 29 heavy (non-hydrogen) atoms. The highest BCUT2D eigenvalue weighted by Crippen LogP contribution is 2.26. The van der Waals surface area contributed by atoms with Crippen LogP contribution in [0, 0.1) is 17.6 Å². The lowest BCUT2D eigenvalue weighted by atomic mass is 9.97. The molecule has 0 amide bonds. The van der Waals surface area contributed by atoms with Gasteiger partial charge in [-0.25, -0.2) is 22.2 Å². The smallest absolute Gasteiger partial charge is 0.150 e. The van der Waals surface area contributed by atoms with E-state index in [0.717, 1.165) is 32.0 Å². The molecule has 4 nitrogen and oxygen atoms in total. The van der Waals surface area contributed by atoms with Crippen LogP contribution < -0.4 is 5.32 Å². The summed E-state index contributed by atoms with van der Waals surface area (Å²) in [5.41, 5.74) is 1.01. The molecule has 1 aliphatic rings. The highest BCUT2D eigenvalue weighted by molar-refractivity contribution is 7.91. The Hall–Kier alpha value is -1.38. The normalized spacial score (nSPS) is 17.9. The summed E-state index contributed by atoms with van der Waals surface area (Å²) >= 11 is 1.26. The average molecular weight is 443 g/mol. The predicted molar refractivity (Wildman–Crippen MR) is 114 cm³/mol. The lowest BCUT2D eigenvalue weighted by Gasteiger charge is -2.13. The van der Waals surface area contributed by atoms with Crippen molar-refractivity contribution in [2.45, 2.75) is 44.9 Å². The first-order chi connectivity index (χ1) is 13.9. The van der Waals surface area contributed by atoms with Gasteiger partial charge in [-0.2, -0.15) is 0 Å². The van der Waals surface area contributed by atoms with Crippen LogP contribution >= 0.6 is 11.3 Å². The summed E-state index contributed by atoms with van der Waals surface area (Å²) in [6.45, 7) is 2.14. The molecule has 1 aromatic heterocycles. The van der Waals surface area contributed by atoms with Gasteiger partial charge in [0.2, 0.25) is 0 Å². The van der Waals surface area contributed by atoms with Crippen molar-refractivity contribution in [1.82, 2.24) is 10.3 Å². The van der Waals surface area contributed by atoms with E-state index in [4.69, 9.17) is 0 Å². The molecule has 3 rings (SSSR count). The minimum Gasteiger partial charge on any atom is -0.316 e. The van der Waals surface area contributed by atoms with E-state index in [1.165, 1.54) is 42.7 Å². The molecule has 1 fully saturated rings. The number of benzene rings is 1. The van der Waals surface area contributed by atoms with Crippen molar-refractivity contribution in [3.63, 3.8) is 0 Å². The number of nitrogens with zero attached hydrogens (tertiary/aromatic N) is 1. The Morgan fingerprint density at radius 2 is 1.90 bits per heavy atom. The molecule has 1 saturated heterocycles. The van der Waals surface area contributed by atoms with Crippen LogP contribution in [-0.2, 0) is 16.3 Å². The van der Waals surface area contributed by atoms with Gasteiger partial charge in [0.15, 0.2) is 9.84 Å². The molecule has 1 atom stereocenters. The number of rotatable bonds is 9. The Morgan fingerprint density at radius 3 is 2.69 bits per heavy atom. The van der Waals surface area contributed by atoms with Crippen LogP contribution in [-0.4, -0.2) is 38.0 Å². The molecule has 2 aromatic rings. The van der Waals surface area contributed by atoms with E-state index in [9.17, 15) is 17.2 Å². The van der Waals surface area contributed by atoms with Gasteiger partial charge in [-0.15, -0.1) is 11.3 Å². The van der Waals surface area contributed by atoms with Crippen LogP contribution in [0.1, 0.15) is 44.2 Å². The van der Waals surface area contributed by atoms with Crippen LogP contribution in [0.5, 0.6) is 0 Å². The van der Waals surface area contributed by atoms with E-state index in [1.807, 2.05) is 0 Å². The summed E-state index contributed by atoms with van der Waals surface area (Å²) in [6.07, 6.45) is 6.78. The van der Waals surface area contributed by atoms with Gasteiger partial charge in [0.25, 0.3) is 0 Å². The highest BCUT2D eigenvalue weighted by atomic mass is 32.2. The van der Waals surface area contributed by atoms with Crippen LogP contribution in [0.25, 0.3) is 10.6 Å². The molecular weight excluding hydrogens is 414 g/mol. The quantitative estimate of drug-likeness (QED) is 0.577. The van der Waals surface area contributed by atoms with Crippen molar-refractivity contribution < 1.29 is 17.2 Å². The zero-order valence-corrected chi connectivity index (χ0v) is 18.1. The maximum absolute atomic E-state index is 13.4. The molecule has 1 aliphatic heterocycles. The number of hydrogen-bond donors (Lipinski definition) is 1. The molecule has 0 bridgehead atoms. The monoisotopic (exact) mass is 442 g/mol. The van der Waals surface area contributed by atoms with Crippen LogP contribution in [0.4, 0.5) is 8.78 Å². The van der Waals surface area contributed by atoms with Gasteiger partial charge in [-0.1, -0.05) is 12.8 Å². The molecule has 1 N–H and O–H groups in total. The van der Waals surface area contributed by atoms with Crippen molar-refractivity contribution in [2.24, 2.45) is 5.92 Å². The third kappa shape index (κ3) is 7.42. The van der Waals surface area contributed by atoms with Gasteiger partial charge in [-0.3, -0.25) is 0 Å². The lowest BCUT2D eigenvalue weighted by Crippen LogP contribution is -2.20. The molecule has 0 radical (unpaired) electrons. The molecule has 8 heteroatoms. The second-order valence-electron chi connectivity index (χ2n) is 7.77.